The minimum absolute atomic E-state index is 0.702. The molecule has 1 heterocycles. The standard InChI is InChI=1S/C15H21N3O2/c1-5-16-9-12-10-17-18(11(12)2)13-6-7-14(19-3)15(8-13)20-4/h6-8,10,16H,5,9H2,1-4H3. The molecule has 108 valence electrons. The van der Waals surface area contributed by atoms with Crippen LogP contribution < -0.4 is 14.8 Å². The largest absolute Gasteiger partial charge is 0.493 e. The number of benzene rings is 1. The molecule has 0 amide bonds. The van der Waals surface area contributed by atoms with Crippen LogP contribution >= 0.6 is 0 Å². The normalized spacial score (nSPS) is 10.6. The third kappa shape index (κ3) is 2.77. The van der Waals surface area contributed by atoms with E-state index < -0.39 is 0 Å². The van der Waals surface area contributed by atoms with Crippen LogP contribution in [0.4, 0.5) is 0 Å². The Labute approximate surface area is 119 Å². The Bertz CT molecular complexity index is 578. The average Bonchev–Trinajstić information content (AvgIpc) is 2.85. The maximum absolute atomic E-state index is 5.33. The minimum Gasteiger partial charge on any atom is -0.493 e. The summed E-state index contributed by atoms with van der Waals surface area (Å²) in [6.45, 7) is 5.93. The zero-order valence-corrected chi connectivity index (χ0v) is 12.4. The van der Waals surface area contributed by atoms with Crippen LogP contribution in [-0.4, -0.2) is 30.5 Å². The molecule has 20 heavy (non-hydrogen) atoms. The molecule has 1 aromatic carbocycles. The van der Waals surface area contributed by atoms with Crippen LogP contribution in [-0.2, 0) is 6.54 Å². The number of ether oxygens (including phenoxy) is 2. The molecule has 0 aliphatic carbocycles. The van der Waals surface area contributed by atoms with E-state index in [9.17, 15) is 0 Å². The smallest absolute Gasteiger partial charge is 0.162 e. The van der Waals surface area contributed by atoms with Gasteiger partial charge in [-0.2, -0.15) is 5.10 Å². The van der Waals surface area contributed by atoms with Gasteiger partial charge in [-0.1, -0.05) is 6.92 Å². The van der Waals surface area contributed by atoms with Crippen LogP contribution in [0.1, 0.15) is 18.2 Å². The topological polar surface area (TPSA) is 48.3 Å². The summed E-state index contributed by atoms with van der Waals surface area (Å²) in [6, 6.07) is 5.79. The van der Waals surface area contributed by atoms with Crippen molar-refractivity contribution in [2.45, 2.75) is 20.4 Å². The molecule has 1 aromatic heterocycles. The molecule has 0 saturated heterocycles. The number of hydrogen-bond acceptors (Lipinski definition) is 4. The number of hydrogen-bond donors (Lipinski definition) is 1. The van der Waals surface area contributed by atoms with Gasteiger partial charge in [-0.05, 0) is 25.6 Å². The molecule has 0 aliphatic heterocycles. The van der Waals surface area contributed by atoms with Crippen molar-refractivity contribution >= 4 is 0 Å². The molecular weight excluding hydrogens is 254 g/mol. The van der Waals surface area contributed by atoms with Crippen molar-refractivity contribution in [3.8, 4) is 17.2 Å². The van der Waals surface area contributed by atoms with Crippen LogP contribution in [0, 0.1) is 6.92 Å². The Balaban J connectivity index is 2.34. The first-order valence-corrected chi connectivity index (χ1v) is 6.67. The molecular formula is C15H21N3O2. The molecule has 0 fully saturated rings. The Kier molecular flexibility index (Phi) is 4.63. The fraction of sp³-hybridized carbons (Fsp3) is 0.400. The highest BCUT2D eigenvalue weighted by Crippen LogP contribution is 2.29. The number of nitrogens with one attached hydrogen (secondary N) is 1. The second kappa shape index (κ2) is 6.43. The lowest BCUT2D eigenvalue weighted by Crippen LogP contribution is -2.12. The van der Waals surface area contributed by atoms with Crippen LogP contribution in [0.5, 0.6) is 11.5 Å². The van der Waals surface area contributed by atoms with E-state index in [1.54, 1.807) is 14.2 Å². The fourth-order valence-electron chi connectivity index (χ4n) is 2.09. The molecule has 0 radical (unpaired) electrons. The quantitative estimate of drug-likeness (QED) is 0.879. The zero-order chi connectivity index (χ0) is 14.5. The Morgan fingerprint density at radius 3 is 2.60 bits per heavy atom. The van der Waals surface area contributed by atoms with Crippen LogP contribution in [0.3, 0.4) is 0 Å². The lowest BCUT2D eigenvalue weighted by atomic mass is 10.2. The van der Waals surface area contributed by atoms with Gasteiger partial charge in [0.05, 0.1) is 26.1 Å². The molecule has 5 heteroatoms. The van der Waals surface area contributed by atoms with Gasteiger partial charge in [-0.25, -0.2) is 4.68 Å². The molecule has 0 unspecified atom stereocenters. The molecule has 0 bridgehead atoms. The first kappa shape index (κ1) is 14.4. The molecule has 0 atom stereocenters. The average molecular weight is 275 g/mol. The van der Waals surface area contributed by atoms with Crippen molar-refractivity contribution in [2.24, 2.45) is 0 Å². The minimum atomic E-state index is 0.702. The SMILES string of the molecule is CCNCc1cnn(-c2ccc(OC)c(OC)c2)c1C. The molecule has 2 rings (SSSR count). The summed E-state index contributed by atoms with van der Waals surface area (Å²) in [6.07, 6.45) is 1.90. The van der Waals surface area contributed by atoms with Gasteiger partial charge in [0.1, 0.15) is 0 Å². The van der Waals surface area contributed by atoms with Crippen LogP contribution in [0.2, 0.25) is 0 Å². The molecule has 0 saturated carbocycles. The summed E-state index contributed by atoms with van der Waals surface area (Å²) in [5.74, 6) is 1.42. The van der Waals surface area contributed by atoms with E-state index in [1.165, 1.54) is 5.56 Å². The highest BCUT2D eigenvalue weighted by atomic mass is 16.5. The van der Waals surface area contributed by atoms with Gasteiger partial charge in [0.15, 0.2) is 11.5 Å². The second-order valence-corrected chi connectivity index (χ2v) is 4.49. The Hall–Kier alpha value is -2.01. The monoisotopic (exact) mass is 275 g/mol. The van der Waals surface area contributed by atoms with E-state index in [0.29, 0.717) is 11.5 Å². The van der Waals surface area contributed by atoms with E-state index >= 15 is 0 Å². The summed E-state index contributed by atoms with van der Waals surface area (Å²) in [4.78, 5) is 0. The van der Waals surface area contributed by atoms with Gasteiger partial charge in [0.25, 0.3) is 0 Å². The van der Waals surface area contributed by atoms with Gasteiger partial charge < -0.3 is 14.8 Å². The predicted molar refractivity (Wildman–Crippen MR) is 78.8 cm³/mol. The second-order valence-electron chi connectivity index (χ2n) is 4.49. The molecule has 2 aromatic rings. The van der Waals surface area contributed by atoms with Crippen LogP contribution in [0.25, 0.3) is 5.69 Å². The summed E-state index contributed by atoms with van der Waals surface area (Å²) in [5.41, 5.74) is 3.28. The molecule has 0 spiro atoms. The summed E-state index contributed by atoms with van der Waals surface area (Å²) >= 11 is 0. The van der Waals surface area contributed by atoms with Crippen molar-refractivity contribution < 1.29 is 9.47 Å². The number of methoxy groups -OCH3 is 2. The van der Waals surface area contributed by atoms with Crippen molar-refractivity contribution in [2.75, 3.05) is 20.8 Å². The number of aromatic nitrogens is 2. The van der Waals surface area contributed by atoms with Crippen molar-refractivity contribution in [1.82, 2.24) is 15.1 Å². The fourth-order valence-corrected chi connectivity index (χ4v) is 2.09. The molecule has 0 aliphatic rings. The van der Waals surface area contributed by atoms with Gasteiger partial charge >= 0.3 is 0 Å². The van der Waals surface area contributed by atoms with Gasteiger partial charge in [-0.15, -0.1) is 0 Å². The summed E-state index contributed by atoms with van der Waals surface area (Å²) < 4.78 is 12.5. The maximum atomic E-state index is 5.33. The van der Waals surface area contributed by atoms with E-state index in [-0.39, 0.29) is 0 Å². The van der Waals surface area contributed by atoms with Gasteiger partial charge in [0.2, 0.25) is 0 Å². The Morgan fingerprint density at radius 2 is 1.95 bits per heavy atom. The van der Waals surface area contributed by atoms with Gasteiger partial charge in [-0.3, -0.25) is 0 Å². The highest BCUT2D eigenvalue weighted by molar-refractivity contribution is 5.49. The van der Waals surface area contributed by atoms with Crippen molar-refractivity contribution in [3.05, 3.63) is 35.7 Å². The first-order chi connectivity index (χ1) is 9.71. The molecule has 5 nitrogen and oxygen atoms in total. The number of rotatable bonds is 6. The first-order valence-electron chi connectivity index (χ1n) is 6.67. The third-order valence-electron chi connectivity index (χ3n) is 3.29. The third-order valence-corrected chi connectivity index (χ3v) is 3.29. The maximum Gasteiger partial charge on any atom is 0.162 e. The van der Waals surface area contributed by atoms with E-state index in [2.05, 4.69) is 24.3 Å². The number of nitrogens with zero attached hydrogens (tertiary/aromatic N) is 2. The Morgan fingerprint density at radius 1 is 1.20 bits per heavy atom. The van der Waals surface area contributed by atoms with Crippen LogP contribution in [0.15, 0.2) is 24.4 Å². The van der Waals surface area contributed by atoms with Gasteiger partial charge in [0, 0.05) is 23.9 Å². The molecule has 1 N–H and O–H groups in total. The van der Waals surface area contributed by atoms with Crippen molar-refractivity contribution in [3.63, 3.8) is 0 Å². The summed E-state index contributed by atoms with van der Waals surface area (Å²) in [7, 11) is 3.26. The van der Waals surface area contributed by atoms with Crippen molar-refractivity contribution in [1.29, 1.82) is 0 Å². The zero-order valence-electron chi connectivity index (χ0n) is 12.4. The lowest BCUT2D eigenvalue weighted by Gasteiger charge is -2.11. The summed E-state index contributed by atoms with van der Waals surface area (Å²) in [5, 5.41) is 7.76. The van der Waals surface area contributed by atoms with E-state index in [4.69, 9.17) is 9.47 Å². The predicted octanol–water partition coefficient (Wildman–Crippen LogP) is 2.31. The highest BCUT2D eigenvalue weighted by Gasteiger charge is 2.10. The lowest BCUT2D eigenvalue weighted by molar-refractivity contribution is 0.354. The van der Waals surface area contributed by atoms with E-state index in [0.717, 1.165) is 24.5 Å². The van der Waals surface area contributed by atoms with E-state index in [1.807, 2.05) is 29.1 Å².